The molecule has 0 radical (unpaired) electrons. The molecule has 5 nitrogen and oxygen atoms in total. The normalized spacial score (nSPS) is 12.1. The van der Waals surface area contributed by atoms with Crippen LogP contribution >= 0.6 is 0 Å². The van der Waals surface area contributed by atoms with Crippen molar-refractivity contribution in [2.75, 3.05) is 20.2 Å². The molecule has 20 heavy (non-hydrogen) atoms. The lowest BCUT2D eigenvalue weighted by molar-refractivity contribution is 0.328. The van der Waals surface area contributed by atoms with E-state index in [1.165, 1.54) is 4.31 Å². The molecule has 0 aliphatic carbocycles. The summed E-state index contributed by atoms with van der Waals surface area (Å²) < 4.78 is 31.8. The van der Waals surface area contributed by atoms with Gasteiger partial charge in [-0.1, -0.05) is 13.8 Å². The average Bonchev–Trinajstić information content (AvgIpc) is 2.46. The molecule has 114 valence electrons. The molecule has 0 heterocycles. The second kappa shape index (κ2) is 7.61. The van der Waals surface area contributed by atoms with Gasteiger partial charge < -0.3 is 10.5 Å². The Morgan fingerprint density at radius 3 is 2.20 bits per heavy atom. The monoisotopic (exact) mass is 300 g/mol. The van der Waals surface area contributed by atoms with Crippen molar-refractivity contribution in [3.05, 3.63) is 24.3 Å². The summed E-state index contributed by atoms with van der Waals surface area (Å²) in [5.41, 5.74) is 5.35. The maximum atomic E-state index is 12.5. The van der Waals surface area contributed by atoms with Crippen molar-refractivity contribution in [1.29, 1.82) is 0 Å². The Morgan fingerprint density at radius 1 is 1.20 bits per heavy atom. The average molecular weight is 300 g/mol. The van der Waals surface area contributed by atoms with Gasteiger partial charge in [-0.15, -0.1) is 0 Å². The smallest absolute Gasteiger partial charge is 0.243 e. The van der Waals surface area contributed by atoms with Gasteiger partial charge in [0.05, 0.1) is 4.90 Å². The molecule has 0 spiro atoms. The van der Waals surface area contributed by atoms with E-state index in [-0.39, 0.29) is 10.9 Å². The molecule has 1 rings (SSSR count). The van der Waals surface area contributed by atoms with Gasteiger partial charge in [-0.25, -0.2) is 8.42 Å². The van der Waals surface area contributed by atoms with E-state index in [9.17, 15) is 8.42 Å². The van der Waals surface area contributed by atoms with Crippen LogP contribution in [0.5, 0.6) is 5.75 Å². The molecule has 2 N–H and O–H groups in total. The molecular formula is C14H24N2O3S. The summed E-state index contributed by atoms with van der Waals surface area (Å²) >= 11 is 0. The van der Waals surface area contributed by atoms with Crippen LogP contribution in [0.2, 0.25) is 0 Å². The highest BCUT2D eigenvalue weighted by atomic mass is 32.2. The van der Waals surface area contributed by atoms with Crippen molar-refractivity contribution in [1.82, 2.24) is 4.31 Å². The number of sulfonamides is 1. The van der Waals surface area contributed by atoms with Crippen LogP contribution in [0.1, 0.15) is 26.7 Å². The molecule has 0 unspecified atom stereocenters. The SMILES string of the molecule is CCC(CC)N(C)S(=O)(=O)c1ccc(OCCN)cc1. The fraction of sp³-hybridized carbons (Fsp3) is 0.571. The van der Waals surface area contributed by atoms with Gasteiger partial charge in [-0.3, -0.25) is 0 Å². The van der Waals surface area contributed by atoms with Crippen molar-refractivity contribution >= 4 is 10.0 Å². The van der Waals surface area contributed by atoms with Crippen molar-refractivity contribution in [3.63, 3.8) is 0 Å². The van der Waals surface area contributed by atoms with Crippen LogP contribution in [0.3, 0.4) is 0 Å². The van der Waals surface area contributed by atoms with E-state index in [2.05, 4.69) is 0 Å². The van der Waals surface area contributed by atoms with Gasteiger partial charge >= 0.3 is 0 Å². The molecule has 0 aromatic heterocycles. The molecule has 1 aromatic carbocycles. The highest BCUT2D eigenvalue weighted by molar-refractivity contribution is 7.89. The minimum Gasteiger partial charge on any atom is -0.492 e. The molecular weight excluding hydrogens is 276 g/mol. The number of nitrogens with two attached hydrogens (primary N) is 1. The summed E-state index contributed by atoms with van der Waals surface area (Å²) in [5.74, 6) is 0.625. The summed E-state index contributed by atoms with van der Waals surface area (Å²) in [6.07, 6.45) is 1.59. The number of rotatable bonds is 8. The lowest BCUT2D eigenvalue weighted by Gasteiger charge is -2.25. The molecule has 0 amide bonds. The van der Waals surface area contributed by atoms with Gasteiger partial charge in [-0.05, 0) is 37.1 Å². The lowest BCUT2D eigenvalue weighted by atomic mass is 10.2. The zero-order valence-corrected chi connectivity index (χ0v) is 13.2. The van der Waals surface area contributed by atoms with Gasteiger partial charge in [0.25, 0.3) is 0 Å². The maximum Gasteiger partial charge on any atom is 0.243 e. The summed E-state index contributed by atoms with van der Waals surface area (Å²) in [6.45, 7) is 4.82. The highest BCUT2D eigenvalue weighted by Crippen LogP contribution is 2.21. The van der Waals surface area contributed by atoms with Crippen molar-refractivity contribution in [2.24, 2.45) is 5.73 Å². The van der Waals surface area contributed by atoms with Gasteiger partial charge in [0.15, 0.2) is 0 Å². The number of benzene rings is 1. The second-order valence-corrected chi connectivity index (χ2v) is 6.60. The van der Waals surface area contributed by atoms with E-state index in [0.717, 1.165) is 12.8 Å². The molecule has 0 aliphatic rings. The van der Waals surface area contributed by atoms with Crippen LogP contribution in [0.15, 0.2) is 29.2 Å². The second-order valence-electron chi connectivity index (χ2n) is 4.60. The van der Waals surface area contributed by atoms with E-state index in [1.807, 2.05) is 13.8 Å². The van der Waals surface area contributed by atoms with Crippen molar-refractivity contribution < 1.29 is 13.2 Å². The Morgan fingerprint density at radius 2 is 1.75 bits per heavy atom. The van der Waals surface area contributed by atoms with E-state index in [0.29, 0.717) is 18.9 Å². The molecule has 0 saturated carbocycles. The summed E-state index contributed by atoms with van der Waals surface area (Å²) in [7, 11) is -1.82. The minimum atomic E-state index is -3.45. The number of ether oxygens (including phenoxy) is 1. The first kappa shape index (κ1) is 16.9. The minimum absolute atomic E-state index is 0.0215. The Hall–Kier alpha value is -1.11. The zero-order valence-electron chi connectivity index (χ0n) is 12.4. The van der Waals surface area contributed by atoms with Crippen LogP contribution in [0.25, 0.3) is 0 Å². The Bertz CT molecular complexity index is 496. The summed E-state index contributed by atoms with van der Waals surface area (Å²) in [5, 5.41) is 0. The van der Waals surface area contributed by atoms with Crippen LogP contribution in [0, 0.1) is 0 Å². The van der Waals surface area contributed by atoms with E-state index in [4.69, 9.17) is 10.5 Å². The molecule has 1 aromatic rings. The van der Waals surface area contributed by atoms with Crippen LogP contribution in [0.4, 0.5) is 0 Å². The lowest BCUT2D eigenvalue weighted by Crippen LogP contribution is -2.36. The quantitative estimate of drug-likeness (QED) is 0.795. The first-order valence-electron chi connectivity index (χ1n) is 6.88. The Kier molecular flexibility index (Phi) is 6.45. The topological polar surface area (TPSA) is 72.6 Å². The maximum absolute atomic E-state index is 12.5. The molecule has 0 saturated heterocycles. The van der Waals surface area contributed by atoms with Gasteiger partial charge in [-0.2, -0.15) is 4.31 Å². The van der Waals surface area contributed by atoms with E-state index in [1.54, 1.807) is 31.3 Å². The van der Waals surface area contributed by atoms with Gasteiger partial charge in [0.1, 0.15) is 12.4 Å². The molecule has 0 aliphatic heterocycles. The van der Waals surface area contributed by atoms with Crippen LogP contribution < -0.4 is 10.5 Å². The first-order valence-corrected chi connectivity index (χ1v) is 8.32. The van der Waals surface area contributed by atoms with Crippen LogP contribution in [-0.2, 0) is 10.0 Å². The fourth-order valence-corrected chi connectivity index (χ4v) is 3.55. The summed E-state index contributed by atoms with van der Waals surface area (Å²) in [6, 6.07) is 6.47. The fourth-order valence-electron chi connectivity index (χ4n) is 2.05. The van der Waals surface area contributed by atoms with Crippen molar-refractivity contribution in [3.8, 4) is 5.75 Å². The number of hydrogen-bond donors (Lipinski definition) is 1. The van der Waals surface area contributed by atoms with E-state index >= 15 is 0 Å². The molecule has 0 fully saturated rings. The predicted molar refractivity (Wildman–Crippen MR) is 80.3 cm³/mol. The third-order valence-electron chi connectivity index (χ3n) is 3.34. The Balaban J connectivity index is 2.92. The summed E-state index contributed by atoms with van der Waals surface area (Å²) in [4.78, 5) is 0.284. The zero-order chi connectivity index (χ0) is 15.2. The molecule has 0 bridgehead atoms. The molecule has 6 heteroatoms. The predicted octanol–water partition coefficient (Wildman–Crippen LogP) is 1.83. The Labute approximate surface area is 121 Å². The first-order chi connectivity index (χ1) is 9.47. The van der Waals surface area contributed by atoms with Crippen molar-refractivity contribution in [2.45, 2.75) is 37.6 Å². The number of nitrogens with zero attached hydrogens (tertiary/aromatic N) is 1. The van der Waals surface area contributed by atoms with Gasteiger partial charge in [0, 0.05) is 19.6 Å². The third kappa shape index (κ3) is 3.94. The number of hydrogen-bond acceptors (Lipinski definition) is 4. The van der Waals surface area contributed by atoms with Gasteiger partial charge in [0.2, 0.25) is 10.0 Å². The van der Waals surface area contributed by atoms with Crippen LogP contribution in [-0.4, -0.2) is 39.0 Å². The third-order valence-corrected chi connectivity index (χ3v) is 5.27. The van der Waals surface area contributed by atoms with E-state index < -0.39 is 10.0 Å². The largest absolute Gasteiger partial charge is 0.492 e. The standard InChI is InChI=1S/C14H24N2O3S/c1-4-12(5-2)16(3)20(17,18)14-8-6-13(7-9-14)19-11-10-15/h6-9,12H,4-5,10-11,15H2,1-3H3. The highest BCUT2D eigenvalue weighted by Gasteiger charge is 2.25. The molecule has 0 atom stereocenters.